The molecule has 1 unspecified atom stereocenters. The minimum Gasteiger partial charge on any atom is -0.423 e. The molecule has 1 aliphatic heterocycles. The van der Waals surface area contributed by atoms with E-state index < -0.39 is 7.12 Å². The van der Waals surface area contributed by atoms with Crippen molar-refractivity contribution in [3.8, 4) is 6.07 Å². The zero-order chi connectivity index (χ0) is 16.0. The summed E-state index contributed by atoms with van der Waals surface area (Å²) in [6, 6.07) is 4.04. The molecule has 1 saturated heterocycles. The molecule has 2 fully saturated rings. The number of hydrogen-bond donors (Lipinski definition) is 2. The van der Waals surface area contributed by atoms with Gasteiger partial charge in [-0.15, -0.1) is 0 Å². The van der Waals surface area contributed by atoms with E-state index >= 15 is 0 Å². The molecule has 23 heavy (non-hydrogen) atoms. The fourth-order valence-electron chi connectivity index (χ4n) is 3.56. The highest BCUT2D eigenvalue weighted by Crippen LogP contribution is 2.42. The van der Waals surface area contributed by atoms with Crippen LogP contribution in [0.5, 0.6) is 0 Å². The Balaban J connectivity index is 1.93. The van der Waals surface area contributed by atoms with Gasteiger partial charge in [0.15, 0.2) is 6.23 Å². The van der Waals surface area contributed by atoms with Gasteiger partial charge in [-0.05, 0) is 55.1 Å². The molecular formula is C16H18BN3O3. The minimum absolute atomic E-state index is 0.150. The van der Waals surface area contributed by atoms with Gasteiger partial charge in [-0.3, -0.25) is 0 Å². The molecule has 2 aliphatic rings. The van der Waals surface area contributed by atoms with E-state index in [4.69, 9.17) is 4.74 Å². The molecular weight excluding hydrogens is 293 g/mol. The lowest BCUT2D eigenvalue weighted by Crippen LogP contribution is -2.34. The van der Waals surface area contributed by atoms with Crippen LogP contribution in [0.15, 0.2) is 12.3 Å². The first-order valence-corrected chi connectivity index (χ1v) is 8.12. The second kappa shape index (κ2) is 5.64. The first-order chi connectivity index (χ1) is 11.2. The Bertz CT molecular complexity index is 786. The highest BCUT2D eigenvalue weighted by molar-refractivity contribution is 6.62. The lowest BCUT2D eigenvalue weighted by molar-refractivity contribution is -0.0366. The van der Waals surface area contributed by atoms with E-state index in [1.165, 1.54) is 0 Å². The van der Waals surface area contributed by atoms with E-state index in [1.807, 2.05) is 6.07 Å². The predicted octanol–water partition coefficient (Wildman–Crippen LogP) is 1.16. The Labute approximate surface area is 134 Å². The van der Waals surface area contributed by atoms with Gasteiger partial charge >= 0.3 is 7.12 Å². The van der Waals surface area contributed by atoms with Gasteiger partial charge in [0.2, 0.25) is 0 Å². The molecule has 1 aromatic heterocycles. The number of nitriles is 1. The average Bonchev–Trinajstić information content (AvgIpc) is 3.33. The summed E-state index contributed by atoms with van der Waals surface area (Å²) in [5.41, 5.74) is 2.46. The molecule has 0 amide bonds. The Morgan fingerprint density at radius 2 is 2.13 bits per heavy atom. The van der Waals surface area contributed by atoms with E-state index in [0.29, 0.717) is 23.0 Å². The van der Waals surface area contributed by atoms with Gasteiger partial charge in [0.25, 0.3) is 0 Å². The molecule has 2 heterocycles. The fraction of sp³-hybridized carbons (Fsp3) is 0.500. The van der Waals surface area contributed by atoms with Crippen molar-refractivity contribution >= 4 is 23.5 Å². The Morgan fingerprint density at radius 1 is 1.30 bits per heavy atom. The van der Waals surface area contributed by atoms with Crippen molar-refractivity contribution < 1.29 is 14.8 Å². The summed E-state index contributed by atoms with van der Waals surface area (Å²) in [4.78, 5) is 0. The molecule has 7 heteroatoms. The fourth-order valence-corrected chi connectivity index (χ4v) is 3.56. The first kappa shape index (κ1) is 14.7. The zero-order valence-corrected chi connectivity index (χ0v) is 12.8. The number of hydrogen-bond acceptors (Lipinski definition) is 5. The SMILES string of the molecule is N#Cc1cc2c(cnn2C2CCCCO2)c(B(O)O)c1C1CC1. The summed E-state index contributed by atoms with van der Waals surface area (Å²) >= 11 is 0. The number of nitrogens with zero attached hydrogens (tertiary/aromatic N) is 3. The molecule has 4 rings (SSSR count). The maximum Gasteiger partial charge on any atom is 0.489 e. The van der Waals surface area contributed by atoms with Crippen LogP contribution >= 0.6 is 0 Å². The molecule has 1 atom stereocenters. The monoisotopic (exact) mass is 311 g/mol. The molecule has 6 nitrogen and oxygen atoms in total. The maximum atomic E-state index is 9.90. The van der Waals surface area contributed by atoms with Crippen molar-refractivity contribution in [1.29, 1.82) is 5.26 Å². The topological polar surface area (TPSA) is 91.3 Å². The van der Waals surface area contributed by atoms with Crippen molar-refractivity contribution in [2.75, 3.05) is 6.61 Å². The van der Waals surface area contributed by atoms with Gasteiger partial charge in [0.05, 0.1) is 23.3 Å². The molecule has 118 valence electrons. The highest BCUT2D eigenvalue weighted by atomic mass is 16.5. The van der Waals surface area contributed by atoms with Crippen LogP contribution in [0.3, 0.4) is 0 Å². The second-order valence-corrected chi connectivity index (χ2v) is 6.35. The predicted molar refractivity (Wildman–Crippen MR) is 85.1 cm³/mol. The zero-order valence-electron chi connectivity index (χ0n) is 12.8. The van der Waals surface area contributed by atoms with Crippen LogP contribution in [0, 0.1) is 11.3 Å². The van der Waals surface area contributed by atoms with E-state index in [-0.39, 0.29) is 12.1 Å². The van der Waals surface area contributed by atoms with Crippen LogP contribution in [0.25, 0.3) is 10.9 Å². The summed E-state index contributed by atoms with van der Waals surface area (Å²) in [5.74, 6) is 0.250. The number of aromatic nitrogens is 2. The summed E-state index contributed by atoms with van der Waals surface area (Å²) in [6.07, 6.45) is 6.48. The third kappa shape index (κ3) is 2.43. The summed E-state index contributed by atoms with van der Waals surface area (Å²) in [5, 5.41) is 34.4. The van der Waals surface area contributed by atoms with E-state index in [0.717, 1.165) is 43.2 Å². The Morgan fingerprint density at radius 3 is 2.74 bits per heavy atom. The molecule has 0 bridgehead atoms. The van der Waals surface area contributed by atoms with Crippen LogP contribution in [0.2, 0.25) is 0 Å². The summed E-state index contributed by atoms with van der Waals surface area (Å²) < 4.78 is 7.56. The standard InChI is InChI=1S/C16H18BN3O3/c18-8-11-7-13-12(16(17(21)22)15(11)10-4-5-10)9-19-20(13)14-3-1-2-6-23-14/h7,9-10,14,21-22H,1-6H2. The lowest BCUT2D eigenvalue weighted by Gasteiger charge is -2.24. The average molecular weight is 311 g/mol. The number of rotatable bonds is 3. The van der Waals surface area contributed by atoms with Gasteiger partial charge in [-0.1, -0.05) is 0 Å². The first-order valence-electron chi connectivity index (χ1n) is 8.12. The van der Waals surface area contributed by atoms with E-state index in [2.05, 4.69) is 11.2 Å². The highest BCUT2D eigenvalue weighted by Gasteiger charge is 2.34. The van der Waals surface area contributed by atoms with Crippen molar-refractivity contribution in [1.82, 2.24) is 9.78 Å². The van der Waals surface area contributed by atoms with Crippen molar-refractivity contribution in [3.05, 3.63) is 23.4 Å². The van der Waals surface area contributed by atoms with Gasteiger partial charge in [-0.2, -0.15) is 10.4 Å². The number of ether oxygens (including phenoxy) is 1. The summed E-state index contributed by atoms with van der Waals surface area (Å²) in [7, 11) is -1.61. The van der Waals surface area contributed by atoms with Crippen LogP contribution in [0.1, 0.15) is 55.4 Å². The van der Waals surface area contributed by atoms with Gasteiger partial charge in [0, 0.05) is 12.0 Å². The molecule has 1 saturated carbocycles. The Kier molecular flexibility index (Phi) is 3.61. The minimum atomic E-state index is -1.61. The number of benzene rings is 1. The van der Waals surface area contributed by atoms with Gasteiger partial charge < -0.3 is 14.8 Å². The molecule has 2 N–H and O–H groups in total. The van der Waals surface area contributed by atoms with Crippen molar-refractivity contribution in [2.24, 2.45) is 0 Å². The lowest BCUT2D eigenvalue weighted by atomic mass is 9.72. The summed E-state index contributed by atoms with van der Waals surface area (Å²) in [6.45, 7) is 0.701. The molecule has 1 aromatic carbocycles. The molecule has 2 aromatic rings. The second-order valence-electron chi connectivity index (χ2n) is 6.35. The van der Waals surface area contributed by atoms with E-state index in [1.54, 1.807) is 10.9 Å². The Hall–Kier alpha value is -1.88. The van der Waals surface area contributed by atoms with Gasteiger partial charge in [0.1, 0.15) is 0 Å². The van der Waals surface area contributed by atoms with Crippen LogP contribution in [0.4, 0.5) is 0 Å². The third-order valence-electron chi connectivity index (χ3n) is 4.78. The maximum absolute atomic E-state index is 9.90. The van der Waals surface area contributed by atoms with Crippen molar-refractivity contribution in [3.63, 3.8) is 0 Å². The van der Waals surface area contributed by atoms with Crippen LogP contribution in [-0.2, 0) is 4.74 Å². The normalized spacial score (nSPS) is 21.3. The quantitative estimate of drug-likeness (QED) is 0.830. The van der Waals surface area contributed by atoms with Gasteiger partial charge in [-0.25, -0.2) is 4.68 Å². The van der Waals surface area contributed by atoms with E-state index in [9.17, 15) is 15.3 Å². The van der Waals surface area contributed by atoms with Crippen LogP contribution in [-0.4, -0.2) is 33.6 Å². The third-order valence-corrected chi connectivity index (χ3v) is 4.78. The molecule has 0 radical (unpaired) electrons. The molecule has 1 aliphatic carbocycles. The van der Waals surface area contributed by atoms with Crippen LogP contribution < -0.4 is 5.46 Å². The molecule has 0 spiro atoms. The number of fused-ring (bicyclic) bond motifs is 1. The van der Waals surface area contributed by atoms with Crippen molar-refractivity contribution in [2.45, 2.75) is 44.2 Å². The smallest absolute Gasteiger partial charge is 0.423 e. The largest absolute Gasteiger partial charge is 0.489 e.